The largest absolute Gasteiger partial charge is 0.322 e. The molecule has 0 aliphatic rings. The van der Waals surface area contributed by atoms with Crippen molar-refractivity contribution in [2.75, 3.05) is 0 Å². The zero-order chi connectivity index (χ0) is 11.1. The highest BCUT2D eigenvalue weighted by atomic mass is 32.2. The van der Waals surface area contributed by atoms with Crippen molar-refractivity contribution in [1.29, 1.82) is 0 Å². The average molecular weight is 226 g/mol. The Labute approximate surface area is 84.3 Å². The van der Waals surface area contributed by atoms with Crippen molar-refractivity contribution in [3.8, 4) is 0 Å². The Morgan fingerprint density at radius 3 is 2.60 bits per heavy atom. The lowest BCUT2D eigenvalue weighted by Gasteiger charge is -2.00. The van der Waals surface area contributed by atoms with E-state index in [2.05, 4.69) is 10.3 Å². The number of rotatable bonds is 1. The van der Waals surface area contributed by atoms with E-state index in [0.29, 0.717) is 5.52 Å². The molecule has 15 heavy (non-hydrogen) atoms. The van der Waals surface area contributed by atoms with Gasteiger partial charge in [-0.3, -0.25) is 4.79 Å². The Morgan fingerprint density at radius 1 is 1.27 bits per heavy atom. The van der Waals surface area contributed by atoms with Crippen LogP contribution in [0.15, 0.2) is 29.1 Å². The Bertz CT molecular complexity index is 676. The van der Waals surface area contributed by atoms with Gasteiger partial charge in [-0.25, -0.2) is 5.14 Å². The van der Waals surface area contributed by atoms with Gasteiger partial charge in [0.05, 0.1) is 5.39 Å². The van der Waals surface area contributed by atoms with Crippen LogP contribution in [-0.4, -0.2) is 22.8 Å². The zero-order valence-corrected chi connectivity index (χ0v) is 8.18. The summed E-state index contributed by atoms with van der Waals surface area (Å²) >= 11 is 0. The fraction of sp³-hybridized carbons (Fsp3) is 0. The maximum absolute atomic E-state index is 11.6. The number of fused-ring (bicyclic) bond motifs is 1. The van der Waals surface area contributed by atoms with Crippen LogP contribution in [0.5, 0.6) is 0 Å². The lowest BCUT2D eigenvalue weighted by atomic mass is 10.2. The molecule has 0 aliphatic carbocycles. The lowest BCUT2D eigenvalue weighted by Crippen LogP contribution is -2.35. The van der Waals surface area contributed by atoms with E-state index < -0.39 is 15.8 Å². The van der Waals surface area contributed by atoms with Crippen LogP contribution in [0, 0.1) is 0 Å². The van der Waals surface area contributed by atoms with Gasteiger partial charge >= 0.3 is 10.2 Å². The molecule has 0 aliphatic heterocycles. The Balaban J connectivity index is 2.95. The first-order chi connectivity index (χ1) is 7.00. The Morgan fingerprint density at radius 2 is 1.93 bits per heavy atom. The molecule has 0 spiro atoms. The summed E-state index contributed by atoms with van der Waals surface area (Å²) in [6.45, 7) is 0. The van der Waals surface area contributed by atoms with Crippen LogP contribution in [0.3, 0.4) is 0 Å². The first-order valence-corrected chi connectivity index (χ1v) is 5.38. The number of hydrogen-bond donors (Lipinski definition) is 1. The van der Waals surface area contributed by atoms with Crippen LogP contribution in [0.2, 0.25) is 0 Å². The van der Waals surface area contributed by atoms with E-state index in [1.165, 1.54) is 6.07 Å². The predicted octanol–water partition coefficient (Wildman–Crippen LogP) is -1.16. The SMILES string of the molecule is NS(=O)(=O)n1nnc2ccccc2c1=O. The molecule has 1 aromatic heterocycles. The van der Waals surface area contributed by atoms with E-state index in [1.807, 2.05) is 0 Å². The van der Waals surface area contributed by atoms with Gasteiger partial charge in [-0.1, -0.05) is 16.2 Å². The Kier molecular flexibility index (Phi) is 2.02. The molecule has 2 rings (SSSR count). The number of aromatic nitrogens is 3. The van der Waals surface area contributed by atoms with E-state index in [4.69, 9.17) is 5.14 Å². The van der Waals surface area contributed by atoms with Gasteiger partial charge < -0.3 is 0 Å². The number of benzene rings is 1. The van der Waals surface area contributed by atoms with Crippen LogP contribution in [-0.2, 0) is 10.2 Å². The third-order valence-corrected chi connectivity index (χ3v) is 2.50. The molecule has 8 heteroatoms. The third kappa shape index (κ3) is 1.60. The van der Waals surface area contributed by atoms with Crippen LogP contribution < -0.4 is 10.7 Å². The van der Waals surface area contributed by atoms with Crippen LogP contribution in [0.4, 0.5) is 0 Å². The van der Waals surface area contributed by atoms with Crippen LogP contribution >= 0.6 is 0 Å². The van der Waals surface area contributed by atoms with Gasteiger partial charge in [-0.15, -0.1) is 5.10 Å². The second-order valence-corrected chi connectivity index (χ2v) is 4.18. The first kappa shape index (κ1) is 9.74. The van der Waals surface area contributed by atoms with E-state index in [-0.39, 0.29) is 9.47 Å². The molecule has 7 nitrogen and oxygen atoms in total. The van der Waals surface area contributed by atoms with E-state index in [1.54, 1.807) is 18.2 Å². The van der Waals surface area contributed by atoms with E-state index in [0.717, 1.165) is 0 Å². The molecule has 0 radical (unpaired) electrons. The highest BCUT2D eigenvalue weighted by Gasteiger charge is 2.13. The molecule has 0 amide bonds. The molecule has 78 valence electrons. The van der Waals surface area contributed by atoms with E-state index >= 15 is 0 Å². The minimum absolute atomic E-state index is 0.154. The van der Waals surface area contributed by atoms with Crippen molar-refractivity contribution in [1.82, 2.24) is 14.4 Å². The van der Waals surface area contributed by atoms with Crippen LogP contribution in [0.1, 0.15) is 0 Å². The van der Waals surface area contributed by atoms with Crippen molar-refractivity contribution in [3.05, 3.63) is 34.6 Å². The fourth-order valence-electron chi connectivity index (χ4n) is 1.14. The summed E-state index contributed by atoms with van der Waals surface area (Å²) < 4.78 is 22.0. The second-order valence-electron chi connectivity index (χ2n) is 2.80. The number of nitrogens with zero attached hydrogens (tertiary/aromatic N) is 3. The highest BCUT2D eigenvalue weighted by Crippen LogP contribution is 2.03. The lowest BCUT2D eigenvalue weighted by molar-refractivity contribution is 0.573. The van der Waals surface area contributed by atoms with Gasteiger partial charge in [0.2, 0.25) is 0 Å². The fourth-order valence-corrected chi connectivity index (χ4v) is 1.61. The summed E-state index contributed by atoms with van der Waals surface area (Å²) in [4.78, 5) is 11.6. The third-order valence-electron chi connectivity index (χ3n) is 1.78. The van der Waals surface area contributed by atoms with Gasteiger partial charge in [0.25, 0.3) is 5.56 Å². The molecule has 0 bridgehead atoms. The van der Waals surface area contributed by atoms with Gasteiger partial charge in [-0.2, -0.15) is 8.42 Å². The molecule has 1 aromatic carbocycles. The summed E-state index contributed by atoms with van der Waals surface area (Å²) in [7, 11) is -4.19. The van der Waals surface area contributed by atoms with Gasteiger partial charge in [0, 0.05) is 0 Å². The number of nitrogens with two attached hydrogens (primary N) is 1. The molecular formula is C7H6N4O3S. The summed E-state index contributed by atoms with van der Waals surface area (Å²) in [6.07, 6.45) is 0. The summed E-state index contributed by atoms with van der Waals surface area (Å²) in [6, 6.07) is 6.27. The average Bonchev–Trinajstić information content (AvgIpc) is 2.16. The quantitative estimate of drug-likeness (QED) is 0.660. The van der Waals surface area contributed by atoms with Gasteiger partial charge in [0.15, 0.2) is 0 Å². The standard InChI is InChI=1S/C7H6N4O3S/c8-15(13,14)11-7(12)5-3-1-2-4-6(5)9-10-11/h1-4H,(H2,8,13,14). The summed E-state index contributed by atoms with van der Waals surface area (Å²) in [5.74, 6) is 0. The minimum atomic E-state index is -4.19. The van der Waals surface area contributed by atoms with Crippen molar-refractivity contribution in [2.24, 2.45) is 5.14 Å². The Hall–Kier alpha value is -1.80. The predicted molar refractivity (Wildman–Crippen MR) is 52.3 cm³/mol. The molecule has 2 aromatic rings. The molecule has 0 unspecified atom stereocenters. The van der Waals surface area contributed by atoms with Crippen molar-refractivity contribution in [3.63, 3.8) is 0 Å². The topological polar surface area (TPSA) is 108 Å². The monoisotopic (exact) mass is 226 g/mol. The van der Waals surface area contributed by atoms with Gasteiger partial charge in [0.1, 0.15) is 5.52 Å². The molecule has 0 saturated carbocycles. The smallest absolute Gasteiger partial charge is 0.266 e. The number of hydrogen-bond acceptors (Lipinski definition) is 5. The zero-order valence-electron chi connectivity index (χ0n) is 7.36. The van der Waals surface area contributed by atoms with Crippen molar-refractivity contribution in [2.45, 2.75) is 0 Å². The minimum Gasteiger partial charge on any atom is -0.266 e. The molecule has 0 saturated heterocycles. The highest BCUT2D eigenvalue weighted by molar-refractivity contribution is 7.87. The molecular weight excluding hydrogens is 220 g/mol. The summed E-state index contributed by atoms with van der Waals surface area (Å²) in [5.41, 5.74) is -0.481. The second kappa shape index (κ2) is 3.11. The van der Waals surface area contributed by atoms with Crippen molar-refractivity contribution >= 4 is 21.1 Å². The maximum Gasteiger partial charge on any atom is 0.322 e. The summed E-state index contributed by atoms with van der Waals surface area (Å²) in [5, 5.41) is 11.7. The van der Waals surface area contributed by atoms with Gasteiger partial charge in [-0.05, 0) is 17.3 Å². The molecule has 2 N–H and O–H groups in total. The maximum atomic E-state index is 11.6. The molecule has 0 fully saturated rings. The van der Waals surface area contributed by atoms with Crippen LogP contribution in [0.25, 0.3) is 10.9 Å². The molecule has 0 atom stereocenters. The van der Waals surface area contributed by atoms with Crippen molar-refractivity contribution < 1.29 is 8.42 Å². The van der Waals surface area contributed by atoms with E-state index in [9.17, 15) is 13.2 Å². The molecule has 1 heterocycles. The first-order valence-electron chi connectivity index (χ1n) is 3.88. The normalized spacial score (nSPS) is 11.8.